The number of benzene rings is 2. The van der Waals surface area contributed by atoms with E-state index in [1.807, 2.05) is 19.1 Å². The molecule has 2 aromatic carbocycles. The van der Waals surface area contributed by atoms with E-state index in [0.29, 0.717) is 33.7 Å². The lowest BCUT2D eigenvalue weighted by Crippen LogP contribution is -2.20. The summed E-state index contributed by atoms with van der Waals surface area (Å²) in [5.74, 6) is -2.03. The molecule has 0 aliphatic carbocycles. The molecule has 0 atom stereocenters. The molecule has 172 valence electrons. The third kappa shape index (κ3) is 4.15. The van der Waals surface area contributed by atoms with Crippen LogP contribution in [0.2, 0.25) is 0 Å². The summed E-state index contributed by atoms with van der Waals surface area (Å²) in [6.07, 6.45) is 1.53. The average molecular weight is 523 g/mol. The Morgan fingerprint density at radius 3 is 2.26 bits per heavy atom. The Morgan fingerprint density at radius 2 is 1.65 bits per heavy atom. The second-order valence-corrected chi connectivity index (χ2v) is 8.64. The lowest BCUT2D eigenvalue weighted by Gasteiger charge is -2.12. The fraction of sp³-hybridized carbons (Fsp3) is 0.125. The average Bonchev–Trinajstić information content (AvgIpc) is 3.06. The molecule has 0 spiro atoms. The van der Waals surface area contributed by atoms with Crippen LogP contribution in [0, 0.1) is 20.8 Å². The fourth-order valence-corrected chi connectivity index (χ4v) is 4.18. The summed E-state index contributed by atoms with van der Waals surface area (Å²) >= 11 is 3.37. The molecule has 0 fully saturated rings. The van der Waals surface area contributed by atoms with E-state index in [1.165, 1.54) is 23.0 Å². The van der Waals surface area contributed by atoms with Crippen molar-refractivity contribution in [2.45, 2.75) is 20.8 Å². The van der Waals surface area contributed by atoms with E-state index >= 15 is 0 Å². The largest absolute Gasteiger partial charge is 0.478 e. The van der Waals surface area contributed by atoms with Crippen molar-refractivity contribution in [2.75, 3.05) is 0 Å². The third-order valence-corrected chi connectivity index (χ3v) is 5.92. The monoisotopic (exact) mass is 522 g/mol. The Bertz CT molecular complexity index is 1550. The van der Waals surface area contributed by atoms with Gasteiger partial charge in [0, 0.05) is 27.1 Å². The number of aryl methyl sites for hydroxylation is 2. The zero-order valence-electron chi connectivity index (χ0n) is 18.4. The predicted octanol–water partition coefficient (Wildman–Crippen LogP) is 4.15. The number of carbonyl (C=O) groups is 2. The van der Waals surface area contributed by atoms with Crippen LogP contribution in [0.1, 0.15) is 43.5 Å². The molecule has 2 aromatic heterocycles. The van der Waals surface area contributed by atoms with Crippen LogP contribution in [0.3, 0.4) is 0 Å². The number of carboxylic acid groups (broad SMARTS) is 2. The van der Waals surface area contributed by atoms with E-state index in [1.54, 1.807) is 30.5 Å². The standard InChI is InChI=1S/C24H19BrN4O5/c1-12-6-17(11-26-29-14(3)27-21-5-4-18(25)10-20(21)22(29)30)13(2)28(12)19-8-15(23(31)32)7-16(9-19)24(33)34/h4-11H,1-3H3,(H,31,32)(H,33,34). The molecule has 9 nitrogen and oxygen atoms in total. The molecule has 0 amide bonds. The summed E-state index contributed by atoms with van der Waals surface area (Å²) in [7, 11) is 0. The summed E-state index contributed by atoms with van der Waals surface area (Å²) in [6.45, 7) is 5.30. The number of aromatic carboxylic acids is 2. The number of nitrogens with zero attached hydrogens (tertiary/aromatic N) is 4. The Kier molecular flexibility index (Phi) is 5.92. The van der Waals surface area contributed by atoms with E-state index < -0.39 is 11.9 Å². The van der Waals surface area contributed by atoms with Crippen LogP contribution in [-0.2, 0) is 0 Å². The molecule has 4 rings (SSSR count). The van der Waals surface area contributed by atoms with Gasteiger partial charge in [-0.25, -0.2) is 14.6 Å². The molecule has 0 aliphatic heterocycles. The predicted molar refractivity (Wildman–Crippen MR) is 131 cm³/mol. The van der Waals surface area contributed by atoms with Crippen molar-refractivity contribution in [1.29, 1.82) is 0 Å². The molecule has 0 aliphatic rings. The fourth-order valence-electron chi connectivity index (χ4n) is 3.82. The summed E-state index contributed by atoms with van der Waals surface area (Å²) in [5, 5.41) is 23.6. The van der Waals surface area contributed by atoms with Gasteiger partial charge in [-0.15, -0.1) is 0 Å². The summed E-state index contributed by atoms with van der Waals surface area (Å²) < 4.78 is 3.71. The highest BCUT2D eigenvalue weighted by Gasteiger charge is 2.16. The minimum absolute atomic E-state index is 0.131. The first kappa shape index (κ1) is 23.1. The van der Waals surface area contributed by atoms with Gasteiger partial charge in [-0.1, -0.05) is 15.9 Å². The topological polar surface area (TPSA) is 127 Å². The van der Waals surface area contributed by atoms with Crippen molar-refractivity contribution in [3.63, 3.8) is 0 Å². The quantitative estimate of drug-likeness (QED) is 0.379. The highest BCUT2D eigenvalue weighted by Crippen LogP contribution is 2.23. The van der Waals surface area contributed by atoms with Crippen LogP contribution in [0.15, 0.2) is 56.8 Å². The van der Waals surface area contributed by atoms with E-state index in [9.17, 15) is 24.6 Å². The van der Waals surface area contributed by atoms with Crippen LogP contribution in [0.25, 0.3) is 16.6 Å². The number of hydrogen-bond acceptors (Lipinski definition) is 5. The van der Waals surface area contributed by atoms with Crippen molar-refractivity contribution in [3.05, 3.63) is 91.2 Å². The van der Waals surface area contributed by atoms with Crippen molar-refractivity contribution in [2.24, 2.45) is 5.10 Å². The maximum absolute atomic E-state index is 13.0. The van der Waals surface area contributed by atoms with E-state index in [-0.39, 0.29) is 16.7 Å². The van der Waals surface area contributed by atoms with Crippen molar-refractivity contribution >= 4 is 45.0 Å². The Balaban J connectivity index is 1.81. The van der Waals surface area contributed by atoms with Gasteiger partial charge in [0.05, 0.1) is 28.2 Å². The van der Waals surface area contributed by atoms with Crippen LogP contribution < -0.4 is 5.56 Å². The van der Waals surface area contributed by atoms with Gasteiger partial charge in [-0.05, 0) is 63.2 Å². The second-order valence-electron chi connectivity index (χ2n) is 7.72. The summed E-state index contributed by atoms with van der Waals surface area (Å²) in [5.41, 5.74) is 2.51. The SMILES string of the molecule is Cc1cc(C=Nn2c(C)nc3ccc(Br)cc3c2=O)c(C)n1-c1cc(C(=O)O)cc(C(=O)O)c1. The van der Waals surface area contributed by atoms with Crippen LogP contribution in [0.5, 0.6) is 0 Å². The first-order chi connectivity index (χ1) is 16.1. The van der Waals surface area contributed by atoms with Gasteiger partial charge in [0.15, 0.2) is 0 Å². The first-order valence-corrected chi connectivity index (χ1v) is 10.9. The van der Waals surface area contributed by atoms with Crippen LogP contribution in [0.4, 0.5) is 0 Å². The number of carboxylic acids is 2. The highest BCUT2D eigenvalue weighted by molar-refractivity contribution is 9.10. The normalized spacial score (nSPS) is 11.4. The van der Waals surface area contributed by atoms with Crippen LogP contribution in [-0.4, -0.2) is 42.6 Å². The maximum atomic E-state index is 13.0. The van der Waals surface area contributed by atoms with Gasteiger partial charge >= 0.3 is 11.9 Å². The second kappa shape index (κ2) is 8.71. The lowest BCUT2D eigenvalue weighted by atomic mass is 10.1. The number of halogens is 1. The molecular formula is C24H19BrN4O5. The Morgan fingerprint density at radius 1 is 1.00 bits per heavy atom. The maximum Gasteiger partial charge on any atom is 0.335 e. The van der Waals surface area contributed by atoms with E-state index in [2.05, 4.69) is 26.0 Å². The smallest absolute Gasteiger partial charge is 0.335 e. The molecule has 4 aromatic rings. The first-order valence-electron chi connectivity index (χ1n) is 10.1. The lowest BCUT2D eigenvalue weighted by molar-refractivity contribution is 0.0696. The van der Waals surface area contributed by atoms with Gasteiger partial charge < -0.3 is 14.8 Å². The minimum Gasteiger partial charge on any atom is -0.478 e. The molecule has 0 bridgehead atoms. The van der Waals surface area contributed by atoms with Gasteiger partial charge in [-0.3, -0.25) is 4.79 Å². The molecule has 2 heterocycles. The highest BCUT2D eigenvalue weighted by atomic mass is 79.9. The Hall–Kier alpha value is -4.05. The Labute approximate surface area is 201 Å². The van der Waals surface area contributed by atoms with E-state index in [4.69, 9.17) is 0 Å². The molecule has 34 heavy (non-hydrogen) atoms. The van der Waals surface area contributed by atoms with Crippen molar-refractivity contribution in [1.82, 2.24) is 14.2 Å². The third-order valence-electron chi connectivity index (χ3n) is 5.42. The molecule has 2 N–H and O–H groups in total. The number of rotatable bonds is 5. The minimum atomic E-state index is -1.22. The summed E-state index contributed by atoms with van der Waals surface area (Å²) in [6, 6.07) is 11.0. The molecule has 0 saturated heterocycles. The zero-order valence-corrected chi connectivity index (χ0v) is 20.0. The van der Waals surface area contributed by atoms with Gasteiger partial charge in [0.1, 0.15) is 5.82 Å². The number of fused-ring (bicyclic) bond motifs is 1. The van der Waals surface area contributed by atoms with Gasteiger partial charge in [-0.2, -0.15) is 9.78 Å². The molecule has 0 unspecified atom stereocenters. The molecule has 0 saturated carbocycles. The van der Waals surface area contributed by atoms with Crippen LogP contribution >= 0.6 is 15.9 Å². The number of hydrogen-bond donors (Lipinski definition) is 2. The van der Waals surface area contributed by atoms with Crippen molar-refractivity contribution < 1.29 is 19.8 Å². The zero-order chi connectivity index (χ0) is 24.7. The molecular weight excluding hydrogens is 504 g/mol. The molecule has 10 heteroatoms. The van der Waals surface area contributed by atoms with Gasteiger partial charge in [0.25, 0.3) is 5.56 Å². The van der Waals surface area contributed by atoms with Gasteiger partial charge in [0.2, 0.25) is 0 Å². The summed E-state index contributed by atoms with van der Waals surface area (Å²) in [4.78, 5) is 40.4. The number of aromatic nitrogens is 3. The van der Waals surface area contributed by atoms with Crippen molar-refractivity contribution in [3.8, 4) is 5.69 Å². The molecule has 0 radical (unpaired) electrons. The van der Waals surface area contributed by atoms with E-state index in [0.717, 1.165) is 16.2 Å².